The van der Waals surface area contributed by atoms with Crippen LogP contribution in [0, 0.1) is 0 Å². The van der Waals surface area contributed by atoms with Gasteiger partial charge in [-0.2, -0.15) is 0 Å². The fraction of sp³-hybridized carbons (Fsp3) is 0.111. The predicted octanol–water partition coefficient (Wildman–Crippen LogP) is 2.78. The third kappa shape index (κ3) is 2.29. The molecule has 4 nitrogen and oxygen atoms in total. The molecule has 0 aliphatic carbocycles. The van der Waals surface area contributed by atoms with E-state index in [1.165, 1.54) is 7.05 Å². The third-order valence-corrected chi connectivity index (χ3v) is 3.77. The summed E-state index contributed by atoms with van der Waals surface area (Å²) in [6.45, 7) is 0. The molecular weight excluding hydrogens is 276 g/mol. The van der Waals surface area contributed by atoms with Crippen molar-refractivity contribution >= 4 is 23.1 Å². The van der Waals surface area contributed by atoms with E-state index in [1.807, 2.05) is 54.4 Å². The third-order valence-electron chi connectivity index (χ3n) is 3.77. The van der Waals surface area contributed by atoms with Crippen molar-refractivity contribution in [3.8, 4) is 0 Å². The number of likely N-dealkylation sites (N-methyl/N-ethyl adjacent to an activating group) is 1. The second-order valence-corrected chi connectivity index (χ2v) is 5.20. The van der Waals surface area contributed by atoms with Crippen LogP contribution in [-0.2, 0) is 4.79 Å². The Kier molecular flexibility index (Phi) is 3.51. The SMILES string of the molecule is CN1C(=O)C(=CN(C)c2ccccc2)c2ccccc2C1=O. The van der Waals surface area contributed by atoms with Crippen molar-refractivity contribution in [1.82, 2.24) is 4.90 Å². The number of rotatable bonds is 2. The Hall–Kier alpha value is -2.88. The molecule has 0 unspecified atom stereocenters. The average Bonchev–Trinajstić information content (AvgIpc) is 2.57. The van der Waals surface area contributed by atoms with Crippen LogP contribution in [0.1, 0.15) is 15.9 Å². The largest absolute Gasteiger partial charge is 0.350 e. The minimum atomic E-state index is -0.286. The fourth-order valence-electron chi connectivity index (χ4n) is 2.53. The molecule has 0 saturated heterocycles. The van der Waals surface area contributed by atoms with Crippen molar-refractivity contribution in [2.75, 3.05) is 19.0 Å². The van der Waals surface area contributed by atoms with Gasteiger partial charge in [-0.1, -0.05) is 36.4 Å². The van der Waals surface area contributed by atoms with Gasteiger partial charge in [0.15, 0.2) is 0 Å². The smallest absolute Gasteiger partial charge is 0.262 e. The summed E-state index contributed by atoms with van der Waals surface area (Å²) in [5, 5.41) is 0. The molecule has 0 spiro atoms. The molecule has 2 aromatic rings. The second-order valence-electron chi connectivity index (χ2n) is 5.20. The van der Waals surface area contributed by atoms with E-state index in [0.717, 1.165) is 10.6 Å². The first-order chi connectivity index (χ1) is 10.6. The summed E-state index contributed by atoms with van der Waals surface area (Å²) in [6, 6.07) is 16.9. The van der Waals surface area contributed by atoms with Crippen molar-refractivity contribution < 1.29 is 9.59 Å². The molecule has 0 saturated carbocycles. The van der Waals surface area contributed by atoms with Gasteiger partial charge in [-0.15, -0.1) is 0 Å². The molecule has 4 heteroatoms. The maximum atomic E-state index is 12.5. The molecule has 3 rings (SSSR count). The van der Waals surface area contributed by atoms with E-state index in [9.17, 15) is 9.59 Å². The molecule has 0 atom stereocenters. The lowest BCUT2D eigenvalue weighted by molar-refractivity contribution is -0.121. The zero-order valence-electron chi connectivity index (χ0n) is 12.5. The number of carbonyl (C=O) groups is 2. The maximum Gasteiger partial charge on any atom is 0.262 e. The minimum Gasteiger partial charge on any atom is -0.350 e. The lowest BCUT2D eigenvalue weighted by atomic mass is 9.94. The molecule has 0 aromatic heterocycles. The lowest BCUT2D eigenvalue weighted by Crippen LogP contribution is -2.39. The normalized spacial score (nSPS) is 15.9. The number of amides is 2. The molecule has 0 N–H and O–H groups in total. The highest BCUT2D eigenvalue weighted by molar-refractivity contribution is 6.30. The van der Waals surface area contributed by atoms with Crippen LogP contribution < -0.4 is 4.90 Å². The Morgan fingerprint density at radius 1 is 0.864 bits per heavy atom. The van der Waals surface area contributed by atoms with E-state index in [-0.39, 0.29) is 11.8 Å². The summed E-state index contributed by atoms with van der Waals surface area (Å²) in [5.41, 5.74) is 2.72. The Morgan fingerprint density at radius 3 is 2.14 bits per heavy atom. The van der Waals surface area contributed by atoms with Crippen LogP contribution in [0.5, 0.6) is 0 Å². The lowest BCUT2D eigenvalue weighted by Gasteiger charge is -2.26. The Balaban J connectivity index is 2.09. The monoisotopic (exact) mass is 292 g/mol. The van der Waals surface area contributed by atoms with Gasteiger partial charge in [0, 0.05) is 37.1 Å². The first-order valence-corrected chi connectivity index (χ1v) is 7.01. The highest BCUT2D eigenvalue weighted by Gasteiger charge is 2.32. The van der Waals surface area contributed by atoms with Gasteiger partial charge in [0.2, 0.25) is 0 Å². The molecular formula is C18H16N2O2. The standard InChI is InChI=1S/C18H16N2O2/c1-19(13-8-4-3-5-9-13)12-16-14-10-6-7-11-15(14)17(21)20(2)18(16)22/h3-12H,1-2H3. The van der Waals surface area contributed by atoms with Crippen LogP contribution in [0.15, 0.2) is 60.8 Å². The number of para-hydroxylation sites is 1. The van der Waals surface area contributed by atoms with Gasteiger partial charge in [0.1, 0.15) is 0 Å². The Labute approximate surface area is 129 Å². The van der Waals surface area contributed by atoms with Gasteiger partial charge in [0.05, 0.1) is 5.57 Å². The molecule has 0 fully saturated rings. The summed E-state index contributed by atoms with van der Waals surface area (Å²) in [5.74, 6) is -0.549. The zero-order valence-corrected chi connectivity index (χ0v) is 12.5. The van der Waals surface area contributed by atoms with Crippen LogP contribution in [0.2, 0.25) is 0 Å². The molecule has 0 radical (unpaired) electrons. The number of carbonyl (C=O) groups excluding carboxylic acids is 2. The van der Waals surface area contributed by atoms with Gasteiger partial charge in [-0.05, 0) is 18.2 Å². The maximum absolute atomic E-state index is 12.5. The molecule has 0 bridgehead atoms. The van der Waals surface area contributed by atoms with Gasteiger partial charge >= 0.3 is 0 Å². The van der Waals surface area contributed by atoms with Gasteiger partial charge in [0.25, 0.3) is 11.8 Å². The molecule has 110 valence electrons. The van der Waals surface area contributed by atoms with E-state index >= 15 is 0 Å². The average molecular weight is 292 g/mol. The summed E-state index contributed by atoms with van der Waals surface area (Å²) < 4.78 is 0. The van der Waals surface area contributed by atoms with Crippen molar-refractivity contribution in [2.24, 2.45) is 0 Å². The van der Waals surface area contributed by atoms with E-state index in [1.54, 1.807) is 18.3 Å². The van der Waals surface area contributed by atoms with Crippen molar-refractivity contribution in [3.63, 3.8) is 0 Å². The van der Waals surface area contributed by atoms with Gasteiger partial charge in [-0.3, -0.25) is 14.5 Å². The number of hydrogen-bond acceptors (Lipinski definition) is 3. The first-order valence-electron chi connectivity index (χ1n) is 7.01. The first kappa shape index (κ1) is 14.1. The molecule has 1 aliphatic heterocycles. The summed E-state index contributed by atoms with van der Waals surface area (Å²) >= 11 is 0. The molecule has 1 heterocycles. The number of fused-ring (bicyclic) bond motifs is 1. The van der Waals surface area contributed by atoms with E-state index in [0.29, 0.717) is 16.7 Å². The zero-order chi connectivity index (χ0) is 15.7. The van der Waals surface area contributed by atoms with Crippen LogP contribution in [0.25, 0.3) is 5.57 Å². The van der Waals surface area contributed by atoms with Crippen LogP contribution in [0.4, 0.5) is 5.69 Å². The topological polar surface area (TPSA) is 40.6 Å². The van der Waals surface area contributed by atoms with Crippen LogP contribution in [0.3, 0.4) is 0 Å². The van der Waals surface area contributed by atoms with Gasteiger partial charge < -0.3 is 4.90 Å². The molecule has 1 aliphatic rings. The van der Waals surface area contributed by atoms with Crippen molar-refractivity contribution in [3.05, 3.63) is 71.9 Å². The fourth-order valence-corrected chi connectivity index (χ4v) is 2.53. The quantitative estimate of drug-likeness (QED) is 0.631. The van der Waals surface area contributed by atoms with Crippen molar-refractivity contribution in [2.45, 2.75) is 0 Å². The Bertz CT molecular complexity index is 766. The highest BCUT2D eigenvalue weighted by Crippen LogP contribution is 2.28. The summed E-state index contributed by atoms with van der Waals surface area (Å²) in [6.07, 6.45) is 1.78. The predicted molar refractivity (Wildman–Crippen MR) is 86.4 cm³/mol. The molecule has 2 aromatic carbocycles. The van der Waals surface area contributed by atoms with E-state index < -0.39 is 0 Å². The minimum absolute atomic E-state index is 0.264. The van der Waals surface area contributed by atoms with E-state index in [4.69, 9.17) is 0 Å². The Morgan fingerprint density at radius 2 is 1.45 bits per heavy atom. The number of anilines is 1. The molecule has 2 amide bonds. The summed E-state index contributed by atoms with van der Waals surface area (Å²) in [7, 11) is 3.39. The van der Waals surface area contributed by atoms with Gasteiger partial charge in [-0.25, -0.2) is 0 Å². The number of nitrogens with zero attached hydrogens (tertiary/aromatic N) is 2. The van der Waals surface area contributed by atoms with E-state index in [2.05, 4.69) is 0 Å². The van der Waals surface area contributed by atoms with Crippen molar-refractivity contribution in [1.29, 1.82) is 0 Å². The number of benzene rings is 2. The molecule has 22 heavy (non-hydrogen) atoms. The number of hydrogen-bond donors (Lipinski definition) is 0. The highest BCUT2D eigenvalue weighted by atomic mass is 16.2. The summed E-state index contributed by atoms with van der Waals surface area (Å²) in [4.78, 5) is 27.7. The number of imide groups is 1. The van der Waals surface area contributed by atoms with Crippen LogP contribution in [-0.4, -0.2) is 30.8 Å². The van der Waals surface area contributed by atoms with Crippen LogP contribution >= 0.6 is 0 Å². The second kappa shape index (κ2) is 5.48.